The molecule has 0 spiro atoms. The van der Waals surface area contributed by atoms with Crippen LogP contribution >= 0.6 is 0 Å². The Labute approximate surface area is 118 Å². The third-order valence-corrected chi connectivity index (χ3v) is 4.58. The fourth-order valence-electron chi connectivity index (χ4n) is 3.03. The van der Waals surface area contributed by atoms with Crippen molar-refractivity contribution in [3.8, 4) is 11.5 Å². The monoisotopic (exact) mass is 269 g/mol. The van der Waals surface area contributed by atoms with E-state index >= 15 is 0 Å². The molecule has 4 nitrogen and oxygen atoms in total. The molecule has 4 rings (SSSR count). The first-order valence-corrected chi connectivity index (χ1v) is 7.44. The summed E-state index contributed by atoms with van der Waals surface area (Å²) >= 11 is 0. The zero-order valence-corrected chi connectivity index (χ0v) is 11.5. The fraction of sp³-hybridized carbons (Fsp3) is 0.500. The van der Waals surface area contributed by atoms with Crippen molar-refractivity contribution in [3.63, 3.8) is 0 Å². The normalized spacial score (nSPS) is 20.0. The fourth-order valence-corrected chi connectivity index (χ4v) is 3.03. The van der Waals surface area contributed by atoms with Crippen LogP contribution in [0, 0.1) is 11.3 Å². The van der Waals surface area contributed by atoms with Gasteiger partial charge in [0.1, 0.15) is 0 Å². The summed E-state index contributed by atoms with van der Waals surface area (Å²) in [6, 6.07) is 9.90. The van der Waals surface area contributed by atoms with E-state index in [-0.39, 0.29) is 0 Å². The molecule has 0 amide bonds. The summed E-state index contributed by atoms with van der Waals surface area (Å²) in [5.74, 6) is 2.26. The van der Waals surface area contributed by atoms with Crippen molar-refractivity contribution in [2.75, 3.05) is 6.54 Å². The van der Waals surface area contributed by atoms with Gasteiger partial charge < -0.3 is 9.73 Å². The van der Waals surface area contributed by atoms with E-state index < -0.39 is 0 Å². The van der Waals surface area contributed by atoms with Crippen LogP contribution in [0.5, 0.6) is 0 Å². The zero-order valence-electron chi connectivity index (χ0n) is 11.5. The number of nitrogens with zero attached hydrogens (tertiary/aromatic N) is 2. The van der Waals surface area contributed by atoms with E-state index in [0.29, 0.717) is 23.7 Å². The van der Waals surface area contributed by atoms with Gasteiger partial charge in [-0.05, 0) is 49.1 Å². The molecule has 0 atom stereocenters. The number of benzene rings is 1. The third-order valence-electron chi connectivity index (χ3n) is 4.58. The lowest BCUT2D eigenvalue weighted by Gasteiger charge is -2.13. The number of hydrogen-bond acceptors (Lipinski definition) is 4. The molecule has 104 valence electrons. The van der Waals surface area contributed by atoms with Crippen molar-refractivity contribution in [2.45, 2.75) is 32.2 Å². The molecule has 0 unspecified atom stereocenters. The molecule has 0 aliphatic heterocycles. The first-order valence-electron chi connectivity index (χ1n) is 7.44. The number of hydrogen-bond donors (Lipinski definition) is 1. The molecule has 0 bridgehead atoms. The highest BCUT2D eigenvalue weighted by molar-refractivity contribution is 5.51. The van der Waals surface area contributed by atoms with Crippen molar-refractivity contribution in [2.24, 2.45) is 11.3 Å². The van der Waals surface area contributed by atoms with Crippen molar-refractivity contribution in [3.05, 3.63) is 36.2 Å². The molecule has 1 heterocycles. The second-order valence-corrected chi connectivity index (χ2v) is 6.11. The molecule has 4 heteroatoms. The molecule has 2 aliphatic rings. The van der Waals surface area contributed by atoms with E-state index in [1.807, 2.05) is 30.3 Å². The van der Waals surface area contributed by atoms with Gasteiger partial charge in [0.2, 0.25) is 11.8 Å². The van der Waals surface area contributed by atoms with Gasteiger partial charge in [0.05, 0.1) is 6.54 Å². The van der Waals surface area contributed by atoms with Crippen LogP contribution in [0.25, 0.3) is 11.5 Å². The lowest BCUT2D eigenvalue weighted by Crippen LogP contribution is -2.25. The van der Waals surface area contributed by atoms with Crippen molar-refractivity contribution in [1.82, 2.24) is 15.5 Å². The highest BCUT2D eigenvalue weighted by atomic mass is 16.4. The Hall–Kier alpha value is -1.68. The van der Waals surface area contributed by atoms with Crippen LogP contribution in [-0.2, 0) is 6.54 Å². The number of nitrogens with one attached hydrogen (secondary N) is 1. The van der Waals surface area contributed by atoms with Crippen LogP contribution in [0.15, 0.2) is 34.7 Å². The summed E-state index contributed by atoms with van der Waals surface area (Å²) < 4.78 is 5.70. The Morgan fingerprint density at radius 1 is 1.15 bits per heavy atom. The summed E-state index contributed by atoms with van der Waals surface area (Å²) in [7, 11) is 0. The number of aromatic nitrogens is 2. The average molecular weight is 269 g/mol. The minimum atomic E-state index is 0.603. The minimum absolute atomic E-state index is 0.603. The van der Waals surface area contributed by atoms with Crippen molar-refractivity contribution >= 4 is 0 Å². The first-order chi connectivity index (χ1) is 9.86. The summed E-state index contributed by atoms with van der Waals surface area (Å²) in [6.45, 7) is 1.77. The highest BCUT2D eigenvalue weighted by Crippen LogP contribution is 2.60. The molecule has 0 saturated heterocycles. The Morgan fingerprint density at radius 2 is 1.95 bits per heavy atom. The summed E-state index contributed by atoms with van der Waals surface area (Å²) in [5, 5.41) is 11.7. The molecule has 1 N–H and O–H groups in total. The Morgan fingerprint density at radius 3 is 2.65 bits per heavy atom. The molecule has 1 aromatic heterocycles. The summed E-state index contributed by atoms with van der Waals surface area (Å²) in [6.07, 6.45) is 5.65. The zero-order chi connectivity index (χ0) is 13.4. The molecule has 2 saturated carbocycles. The maximum atomic E-state index is 5.70. The van der Waals surface area contributed by atoms with E-state index in [9.17, 15) is 0 Å². The van der Waals surface area contributed by atoms with Crippen LogP contribution in [-0.4, -0.2) is 16.7 Å². The van der Waals surface area contributed by atoms with Gasteiger partial charge in [-0.1, -0.05) is 18.2 Å². The van der Waals surface area contributed by atoms with E-state index in [1.165, 1.54) is 25.7 Å². The van der Waals surface area contributed by atoms with Crippen LogP contribution in [0.1, 0.15) is 31.6 Å². The van der Waals surface area contributed by atoms with Gasteiger partial charge in [-0.3, -0.25) is 0 Å². The van der Waals surface area contributed by atoms with Gasteiger partial charge in [0.15, 0.2) is 0 Å². The van der Waals surface area contributed by atoms with E-state index in [4.69, 9.17) is 4.42 Å². The third kappa shape index (κ3) is 2.36. The molecular weight excluding hydrogens is 250 g/mol. The lowest BCUT2D eigenvalue weighted by molar-refractivity contribution is 0.385. The predicted molar refractivity (Wildman–Crippen MR) is 75.8 cm³/mol. The van der Waals surface area contributed by atoms with Gasteiger partial charge in [0.25, 0.3) is 0 Å². The maximum Gasteiger partial charge on any atom is 0.247 e. The molecule has 1 aromatic carbocycles. The van der Waals surface area contributed by atoms with Gasteiger partial charge in [-0.15, -0.1) is 10.2 Å². The molecule has 20 heavy (non-hydrogen) atoms. The van der Waals surface area contributed by atoms with Crippen LogP contribution in [0.3, 0.4) is 0 Å². The summed E-state index contributed by atoms with van der Waals surface area (Å²) in [4.78, 5) is 0. The van der Waals surface area contributed by atoms with Gasteiger partial charge in [0, 0.05) is 12.1 Å². The van der Waals surface area contributed by atoms with Crippen LogP contribution in [0.2, 0.25) is 0 Å². The smallest absolute Gasteiger partial charge is 0.247 e. The van der Waals surface area contributed by atoms with Gasteiger partial charge in [-0.2, -0.15) is 0 Å². The van der Waals surface area contributed by atoms with E-state index in [2.05, 4.69) is 15.5 Å². The molecule has 2 fully saturated rings. The minimum Gasteiger partial charge on any atom is -0.419 e. The Balaban J connectivity index is 1.34. The SMILES string of the molecule is c1ccc(-c2nnc(CNCC3(C4CC4)CC3)o2)cc1. The van der Waals surface area contributed by atoms with Crippen molar-refractivity contribution in [1.29, 1.82) is 0 Å². The largest absolute Gasteiger partial charge is 0.419 e. The standard InChI is InChI=1S/C16H19N3O/c1-2-4-12(5-3-1)15-19-18-14(20-15)10-17-11-16(8-9-16)13-6-7-13/h1-5,13,17H,6-11H2. The highest BCUT2D eigenvalue weighted by Gasteiger charge is 2.53. The summed E-state index contributed by atoms with van der Waals surface area (Å²) in [5.41, 5.74) is 1.59. The number of rotatable bonds is 6. The van der Waals surface area contributed by atoms with Gasteiger partial charge >= 0.3 is 0 Å². The van der Waals surface area contributed by atoms with Gasteiger partial charge in [-0.25, -0.2) is 0 Å². The first kappa shape index (κ1) is 12.1. The average Bonchev–Trinajstić information content (AvgIpc) is 3.39. The van der Waals surface area contributed by atoms with Crippen molar-refractivity contribution < 1.29 is 4.42 Å². The van der Waals surface area contributed by atoms with Crippen LogP contribution in [0.4, 0.5) is 0 Å². The molecule has 0 radical (unpaired) electrons. The molecule has 2 aliphatic carbocycles. The second-order valence-electron chi connectivity index (χ2n) is 6.11. The topological polar surface area (TPSA) is 51.0 Å². The Bertz CT molecular complexity index is 585. The maximum absolute atomic E-state index is 5.70. The predicted octanol–water partition coefficient (Wildman–Crippen LogP) is 3.02. The molecule has 2 aromatic rings. The second kappa shape index (κ2) is 4.70. The lowest BCUT2D eigenvalue weighted by atomic mass is 10.0. The quantitative estimate of drug-likeness (QED) is 0.875. The van der Waals surface area contributed by atoms with E-state index in [0.717, 1.165) is 18.0 Å². The Kier molecular flexibility index (Phi) is 2.84. The van der Waals surface area contributed by atoms with E-state index in [1.54, 1.807) is 0 Å². The van der Waals surface area contributed by atoms with Crippen LogP contribution < -0.4 is 5.32 Å². The molecular formula is C16H19N3O.